The largest absolute Gasteiger partial charge is 0.352 e. The van der Waals surface area contributed by atoms with Crippen molar-refractivity contribution in [3.8, 4) is 0 Å². The van der Waals surface area contributed by atoms with E-state index in [-0.39, 0.29) is 17.9 Å². The fourth-order valence-electron chi connectivity index (χ4n) is 3.35. The molecule has 29 heavy (non-hydrogen) atoms. The summed E-state index contributed by atoms with van der Waals surface area (Å²) in [5.74, 6) is -0.103. The van der Waals surface area contributed by atoms with E-state index in [2.05, 4.69) is 5.32 Å². The maximum absolute atomic E-state index is 13.3. The molecule has 0 aliphatic rings. The first-order valence-electron chi connectivity index (χ1n) is 10.5. The Labute approximate surface area is 175 Å². The Morgan fingerprint density at radius 1 is 0.931 bits per heavy atom. The van der Waals surface area contributed by atoms with Crippen LogP contribution in [0.15, 0.2) is 48.5 Å². The molecule has 0 bridgehead atoms. The topological polar surface area (TPSA) is 49.4 Å². The minimum absolute atomic E-state index is 0.0256. The van der Waals surface area contributed by atoms with Gasteiger partial charge in [0.2, 0.25) is 11.8 Å². The third-order valence-electron chi connectivity index (χ3n) is 5.30. The van der Waals surface area contributed by atoms with Crippen LogP contribution in [-0.4, -0.2) is 28.8 Å². The average Bonchev–Trinajstić information content (AvgIpc) is 2.69. The normalized spacial score (nSPS) is 12.9. The van der Waals surface area contributed by atoms with Gasteiger partial charge in [0, 0.05) is 12.6 Å². The maximum Gasteiger partial charge on any atom is 0.243 e. The number of aryl methyl sites for hydroxylation is 2. The Hall–Kier alpha value is -2.62. The van der Waals surface area contributed by atoms with Crippen molar-refractivity contribution in [1.82, 2.24) is 10.2 Å². The van der Waals surface area contributed by atoms with Gasteiger partial charge in [-0.15, -0.1) is 0 Å². The molecule has 0 aromatic heterocycles. The summed E-state index contributed by atoms with van der Waals surface area (Å²) in [5, 5.41) is 3.05. The Morgan fingerprint density at radius 3 is 2.21 bits per heavy atom. The number of carbonyl (C=O) groups excluding carboxylic acids is 2. The van der Waals surface area contributed by atoms with Gasteiger partial charge in [-0.2, -0.15) is 0 Å². The van der Waals surface area contributed by atoms with Crippen LogP contribution < -0.4 is 5.32 Å². The van der Waals surface area contributed by atoms with Gasteiger partial charge in [0.25, 0.3) is 0 Å². The highest BCUT2D eigenvalue weighted by atomic mass is 16.2. The van der Waals surface area contributed by atoms with Gasteiger partial charge in [0.05, 0.1) is 6.42 Å². The molecular formula is C25H34N2O2. The minimum atomic E-state index is -0.484. The van der Waals surface area contributed by atoms with Gasteiger partial charge in [-0.25, -0.2) is 0 Å². The number of amides is 2. The summed E-state index contributed by atoms with van der Waals surface area (Å²) in [6, 6.07) is 15.7. The first-order chi connectivity index (χ1) is 13.8. The number of nitrogens with zero attached hydrogens (tertiary/aromatic N) is 1. The molecule has 0 radical (unpaired) electrons. The summed E-state index contributed by atoms with van der Waals surface area (Å²) in [5.41, 5.74) is 4.30. The van der Waals surface area contributed by atoms with Crippen LogP contribution in [0.4, 0.5) is 0 Å². The summed E-state index contributed by atoms with van der Waals surface area (Å²) < 4.78 is 0. The van der Waals surface area contributed by atoms with E-state index in [1.807, 2.05) is 83.1 Å². The van der Waals surface area contributed by atoms with Crippen LogP contribution in [0.2, 0.25) is 0 Å². The number of carbonyl (C=O) groups is 2. The molecule has 1 N–H and O–H groups in total. The van der Waals surface area contributed by atoms with Crippen LogP contribution in [0.3, 0.4) is 0 Å². The molecule has 0 saturated heterocycles. The first kappa shape index (κ1) is 22.7. The van der Waals surface area contributed by atoms with E-state index in [9.17, 15) is 9.59 Å². The lowest BCUT2D eigenvalue weighted by molar-refractivity contribution is -0.141. The van der Waals surface area contributed by atoms with E-state index >= 15 is 0 Å². The van der Waals surface area contributed by atoms with Crippen molar-refractivity contribution in [3.63, 3.8) is 0 Å². The molecule has 2 rings (SSSR count). The van der Waals surface area contributed by atoms with Crippen LogP contribution in [0.25, 0.3) is 0 Å². The van der Waals surface area contributed by atoms with E-state index in [0.29, 0.717) is 19.4 Å². The number of hydrogen-bond donors (Lipinski definition) is 1. The number of hydrogen-bond acceptors (Lipinski definition) is 2. The van der Waals surface area contributed by atoms with Gasteiger partial charge < -0.3 is 10.2 Å². The number of rotatable bonds is 9. The van der Waals surface area contributed by atoms with Crippen LogP contribution in [0.1, 0.15) is 55.9 Å². The van der Waals surface area contributed by atoms with Gasteiger partial charge >= 0.3 is 0 Å². The average molecular weight is 395 g/mol. The van der Waals surface area contributed by atoms with Crippen molar-refractivity contribution < 1.29 is 9.59 Å². The van der Waals surface area contributed by atoms with Crippen LogP contribution >= 0.6 is 0 Å². The number of nitrogens with one attached hydrogen (secondary N) is 1. The Kier molecular flexibility index (Phi) is 8.44. The zero-order valence-corrected chi connectivity index (χ0v) is 18.4. The van der Waals surface area contributed by atoms with Crippen LogP contribution in [0, 0.1) is 13.8 Å². The zero-order chi connectivity index (χ0) is 21.4. The third kappa shape index (κ3) is 6.74. The molecule has 0 saturated carbocycles. The quantitative estimate of drug-likeness (QED) is 0.677. The van der Waals surface area contributed by atoms with Gasteiger partial charge in [-0.1, -0.05) is 73.5 Å². The van der Waals surface area contributed by atoms with Crippen molar-refractivity contribution in [1.29, 1.82) is 0 Å². The minimum Gasteiger partial charge on any atom is -0.352 e. The fourth-order valence-corrected chi connectivity index (χ4v) is 3.35. The highest BCUT2D eigenvalue weighted by Crippen LogP contribution is 2.16. The highest BCUT2D eigenvalue weighted by Gasteiger charge is 2.29. The summed E-state index contributed by atoms with van der Waals surface area (Å²) in [6.07, 6.45) is 1.73. The molecule has 4 nitrogen and oxygen atoms in total. The molecule has 0 unspecified atom stereocenters. The lowest BCUT2D eigenvalue weighted by Gasteiger charge is -2.31. The van der Waals surface area contributed by atoms with Crippen molar-refractivity contribution in [2.45, 2.75) is 72.5 Å². The Balaban J connectivity index is 2.28. The van der Waals surface area contributed by atoms with Crippen molar-refractivity contribution >= 4 is 11.8 Å². The molecule has 0 spiro atoms. The summed E-state index contributed by atoms with van der Waals surface area (Å²) in [6.45, 7) is 10.5. The molecule has 0 aliphatic carbocycles. The van der Waals surface area contributed by atoms with Gasteiger partial charge in [-0.3, -0.25) is 9.59 Å². The summed E-state index contributed by atoms with van der Waals surface area (Å²) in [7, 11) is 0. The molecular weight excluding hydrogens is 360 g/mol. The highest BCUT2D eigenvalue weighted by molar-refractivity contribution is 5.88. The van der Waals surface area contributed by atoms with E-state index in [1.165, 1.54) is 5.56 Å². The zero-order valence-electron chi connectivity index (χ0n) is 18.4. The second kappa shape index (κ2) is 10.8. The molecule has 0 aliphatic heterocycles. The second-order valence-corrected chi connectivity index (χ2v) is 7.91. The van der Waals surface area contributed by atoms with E-state index < -0.39 is 6.04 Å². The van der Waals surface area contributed by atoms with Gasteiger partial charge in [0.1, 0.15) is 6.04 Å². The summed E-state index contributed by atoms with van der Waals surface area (Å²) in [4.78, 5) is 28.0. The predicted molar refractivity (Wildman–Crippen MR) is 119 cm³/mol. The first-order valence-corrected chi connectivity index (χ1v) is 10.5. The summed E-state index contributed by atoms with van der Waals surface area (Å²) >= 11 is 0. The molecule has 0 heterocycles. The van der Waals surface area contributed by atoms with E-state index in [0.717, 1.165) is 23.1 Å². The monoisotopic (exact) mass is 394 g/mol. The molecule has 2 amide bonds. The third-order valence-corrected chi connectivity index (χ3v) is 5.30. The SMILES string of the molecule is CC[C@H](C(=O)N[C@@H](C)CC)N(Cc1ccc(C)cc1)C(=O)Cc1cccc(C)c1. The van der Waals surface area contributed by atoms with Crippen molar-refractivity contribution in [3.05, 3.63) is 70.8 Å². The molecule has 2 aromatic carbocycles. The lowest BCUT2D eigenvalue weighted by Crippen LogP contribution is -2.51. The number of benzene rings is 2. The van der Waals surface area contributed by atoms with Gasteiger partial charge in [0.15, 0.2) is 0 Å². The molecule has 2 atom stereocenters. The molecule has 0 fully saturated rings. The molecule has 156 valence electrons. The van der Waals surface area contributed by atoms with Crippen LogP contribution in [-0.2, 0) is 22.6 Å². The second-order valence-electron chi connectivity index (χ2n) is 7.91. The maximum atomic E-state index is 13.3. The van der Waals surface area contributed by atoms with Crippen molar-refractivity contribution in [2.75, 3.05) is 0 Å². The van der Waals surface area contributed by atoms with Crippen molar-refractivity contribution in [2.24, 2.45) is 0 Å². The van der Waals surface area contributed by atoms with Crippen LogP contribution in [0.5, 0.6) is 0 Å². The molecule has 2 aromatic rings. The van der Waals surface area contributed by atoms with E-state index in [4.69, 9.17) is 0 Å². The van der Waals surface area contributed by atoms with Gasteiger partial charge in [-0.05, 0) is 44.7 Å². The molecule has 4 heteroatoms. The smallest absolute Gasteiger partial charge is 0.243 e. The Morgan fingerprint density at radius 2 is 1.62 bits per heavy atom. The Bertz CT molecular complexity index is 814. The standard InChI is InChI=1S/C25H34N2O2/c1-6-20(5)26-25(29)23(7-2)27(17-21-13-11-18(3)12-14-21)24(28)16-22-10-8-9-19(4)15-22/h8-15,20,23H,6-7,16-17H2,1-5H3,(H,26,29)/t20-,23+/m0/s1. The van der Waals surface area contributed by atoms with E-state index in [1.54, 1.807) is 4.90 Å². The fraction of sp³-hybridized carbons (Fsp3) is 0.440. The predicted octanol–water partition coefficient (Wildman–Crippen LogP) is 4.57. The lowest BCUT2D eigenvalue weighted by atomic mass is 10.0.